The van der Waals surface area contributed by atoms with Crippen LogP contribution in [-0.4, -0.2) is 20.6 Å². The van der Waals surface area contributed by atoms with Crippen molar-refractivity contribution in [3.8, 4) is 5.75 Å². The molecule has 0 saturated carbocycles. The van der Waals surface area contributed by atoms with Crippen LogP contribution in [0.4, 0.5) is 18.9 Å². The molecule has 0 aliphatic rings. The number of carbonyl (C=O) groups is 1. The number of aryl methyl sites for hydroxylation is 1. The standard InChI is InChI=1S/C24H15Cl3F3N3O3/c1-11-31-20-15(25)6-7-18(32-22(35)13-8-16(26)21(34)17(27)9-13)19(20)23(36)33(11)10-12-4-2-3-5-14(12)24(28,29)30/h2-9,34H,10H2,1H3,(H,32,35). The van der Waals surface area contributed by atoms with Crippen LogP contribution in [0.3, 0.4) is 0 Å². The fraction of sp³-hybridized carbons (Fsp3) is 0.125. The predicted octanol–water partition coefficient (Wildman–Crippen LogP) is 6.69. The first-order valence-corrected chi connectivity index (χ1v) is 11.4. The summed E-state index contributed by atoms with van der Waals surface area (Å²) in [5.41, 5.74) is -1.62. The Morgan fingerprint density at radius 3 is 2.33 bits per heavy atom. The summed E-state index contributed by atoms with van der Waals surface area (Å²) in [5, 5.41) is 12.0. The lowest BCUT2D eigenvalue weighted by Gasteiger charge is -2.17. The number of hydrogen-bond acceptors (Lipinski definition) is 4. The lowest BCUT2D eigenvalue weighted by Crippen LogP contribution is -2.27. The summed E-state index contributed by atoms with van der Waals surface area (Å²) in [6.45, 7) is 1.06. The van der Waals surface area contributed by atoms with Gasteiger partial charge in [0.15, 0.2) is 5.75 Å². The Hall–Kier alpha value is -3.27. The van der Waals surface area contributed by atoms with Crippen molar-refractivity contribution in [2.45, 2.75) is 19.6 Å². The van der Waals surface area contributed by atoms with Gasteiger partial charge in [-0.05, 0) is 42.8 Å². The first-order valence-electron chi connectivity index (χ1n) is 10.2. The first kappa shape index (κ1) is 25.8. The SMILES string of the molecule is Cc1nc2c(Cl)ccc(NC(=O)c3cc(Cl)c(O)c(Cl)c3)c2c(=O)n1Cc1ccccc1C(F)(F)F. The highest BCUT2D eigenvalue weighted by atomic mass is 35.5. The molecule has 6 nitrogen and oxygen atoms in total. The number of rotatable bonds is 4. The number of aromatic nitrogens is 2. The van der Waals surface area contributed by atoms with Gasteiger partial charge in [0.1, 0.15) is 5.82 Å². The zero-order valence-corrected chi connectivity index (χ0v) is 20.5. The van der Waals surface area contributed by atoms with Gasteiger partial charge in [0.05, 0.1) is 43.8 Å². The number of halogens is 6. The molecule has 12 heteroatoms. The number of hydrogen-bond donors (Lipinski definition) is 2. The zero-order chi connectivity index (χ0) is 26.4. The van der Waals surface area contributed by atoms with Crippen LogP contribution < -0.4 is 10.9 Å². The fourth-order valence-electron chi connectivity index (χ4n) is 3.68. The minimum absolute atomic E-state index is 0.00889. The van der Waals surface area contributed by atoms with Gasteiger partial charge in [-0.1, -0.05) is 53.0 Å². The normalized spacial score (nSPS) is 11.6. The van der Waals surface area contributed by atoms with E-state index in [4.69, 9.17) is 34.8 Å². The van der Waals surface area contributed by atoms with Gasteiger partial charge in [0.2, 0.25) is 0 Å². The smallest absolute Gasteiger partial charge is 0.416 e. The Morgan fingerprint density at radius 1 is 1.06 bits per heavy atom. The average molecular weight is 557 g/mol. The number of benzene rings is 3. The maximum absolute atomic E-state index is 13.5. The Bertz CT molecular complexity index is 1560. The second-order valence-corrected chi connectivity index (χ2v) is 8.99. The molecule has 0 fully saturated rings. The van der Waals surface area contributed by atoms with E-state index in [1.807, 2.05) is 0 Å². The number of carbonyl (C=O) groups excluding carboxylic acids is 1. The molecule has 4 rings (SSSR count). The van der Waals surface area contributed by atoms with E-state index < -0.39 is 35.5 Å². The summed E-state index contributed by atoms with van der Waals surface area (Å²) in [6, 6.07) is 10.1. The minimum atomic E-state index is -4.62. The summed E-state index contributed by atoms with van der Waals surface area (Å²) in [6.07, 6.45) is -4.62. The van der Waals surface area contributed by atoms with Gasteiger partial charge in [0.25, 0.3) is 11.5 Å². The molecule has 1 amide bonds. The number of anilines is 1. The monoisotopic (exact) mass is 555 g/mol. The van der Waals surface area contributed by atoms with Gasteiger partial charge < -0.3 is 10.4 Å². The molecule has 36 heavy (non-hydrogen) atoms. The van der Waals surface area contributed by atoms with Gasteiger partial charge in [-0.25, -0.2) is 4.98 Å². The highest BCUT2D eigenvalue weighted by Crippen LogP contribution is 2.34. The summed E-state index contributed by atoms with van der Waals surface area (Å²) in [7, 11) is 0. The Kier molecular flexibility index (Phi) is 6.92. The number of aromatic hydroxyl groups is 1. The lowest BCUT2D eigenvalue weighted by molar-refractivity contribution is -0.138. The van der Waals surface area contributed by atoms with Gasteiger partial charge >= 0.3 is 6.18 Å². The molecular formula is C24H15Cl3F3N3O3. The number of nitrogens with zero attached hydrogens (tertiary/aromatic N) is 2. The van der Waals surface area contributed by atoms with Crippen LogP contribution in [0.2, 0.25) is 15.1 Å². The average Bonchev–Trinajstić information content (AvgIpc) is 2.81. The summed E-state index contributed by atoms with van der Waals surface area (Å²) >= 11 is 18.0. The number of amides is 1. The fourth-order valence-corrected chi connectivity index (χ4v) is 4.37. The number of alkyl halides is 3. The van der Waals surface area contributed by atoms with Gasteiger partial charge in [-0.2, -0.15) is 13.2 Å². The lowest BCUT2D eigenvalue weighted by atomic mass is 10.1. The van der Waals surface area contributed by atoms with Crippen LogP contribution in [-0.2, 0) is 12.7 Å². The van der Waals surface area contributed by atoms with Crippen LogP contribution in [0, 0.1) is 6.92 Å². The van der Waals surface area contributed by atoms with Gasteiger partial charge in [0, 0.05) is 5.56 Å². The quantitative estimate of drug-likeness (QED) is 0.293. The third-order valence-electron chi connectivity index (χ3n) is 5.43. The minimum Gasteiger partial charge on any atom is -0.505 e. The maximum Gasteiger partial charge on any atom is 0.416 e. The van der Waals surface area contributed by atoms with E-state index >= 15 is 0 Å². The van der Waals surface area contributed by atoms with Crippen molar-refractivity contribution in [1.82, 2.24) is 9.55 Å². The van der Waals surface area contributed by atoms with Gasteiger partial charge in [-0.15, -0.1) is 0 Å². The van der Waals surface area contributed by atoms with E-state index in [1.165, 1.54) is 49.4 Å². The summed E-state index contributed by atoms with van der Waals surface area (Å²) in [4.78, 5) is 30.7. The van der Waals surface area contributed by atoms with E-state index in [0.717, 1.165) is 10.6 Å². The highest BCUT2D eigenvalue weighted by Gasteiger charge is 2.33. The molecule has 186 valence electrons. The third-order valence-corrected chi connectivity index (χ3v) is 6.31. The maximum atomic E-state index is 13.5. The molecule has 4 aromatic rings. The number of nitrogens with one attached hydrogen (secondary N) is 1. The molecular weight excluding hydrogens is 542 g/mol. The molecule has 0 saturated heterocycles. The van der Waals surface area contributed by atoms with Crippen LogP contribution in [0.1, 0.15) is 27.3 Å². The van der Waals surface area contributed by atoms with Crippen molar-refractivity contribution in [2.24, 2.45) is 0 Å². The number of fused-ring (bicyclic) bond motifs is 1. The van der Waals surface area contributed by atoms with Crippen molar-refractivity contribution in [3.63, 3.8) is 0 Å². The topological polar surface area (TPSA) is 84.2 Å². The Balaban J connectivity index is 1.83. The van der Waals surface area contributed by atoms with Crippen molar-refractivity contribution in [2.75, 3.05) is 5.32 Å². The molecule has 1 aromatic heterocycles. The molecule has 0 aliphatic carbocycles. The molecule has 0 radical (unpaired) electrons. The second-order valence-electron chi connectivity index (χ2n) is 7.77. The Morgan fingerprint density at radius 2 is 1.69 bits per heavy atom. The Labute approximate surface area is 216 Å². The molecule has 0 aliphatic heterocycles. The molecule has 0 bridgehead atoms. The van der Waals surface area contributed by atoms with E-state index in [0.29, 0.717) is 0 Å². The van der Waals surface area contributed by atoms with Crippen LogP contribution in [0.25, 0.3) is 10.9 Å². The van der Waals surface area contributed by atoms with Crippen molar-refractivity contribution in [3.05, 3.63) is 96.5 Å². The van der Waals surface area contributed by atoms with E-state index in [-0.39, 0.29) is 48.6 Å². The molecule has 0 spiro atoms. The van der Waals surface area contributed by atoms with Crippen molar-refractivity contribution in [1.29, 1.82) is 0 Å². The summed E-state index contributed by atoms with van der Waals surface area (Å²) < 4.78 is 41.6. The molecule has 0 atom stereocenters. The first-order chi connectivity index (χ1) is 16.9. The van der Waals surface area contributed by atoms with E-state index in [2.05, 4.69) is 10.3 Å². The van der Waals surface area contributed by atoms with Gasteiger partial charge in [-0.3, -0.25) is 14.2 Å². The van der Waals surface area contributed by atoms with Crippen LogP contribution >= 0.6 is 34.8 Å². The van der Waals surface area contributed by atoms with E-state index in [9.17, 15) is 27.9 Å². The second kappa shape index (κ2) is 9.65. The van der Waals surface area contributed by atoms with Crippen molar-refractivity contribution >= 4 is 57.3 Å². The number of phenols is 1. The van der Waals surface area contributed by atoms with Crippen molar-refractivity contribution < 1.29 is 23.1 Å². The van der Waals surface area contributed by atoms with E-state index in [1.54, 1.807) is 0 Å². The summed E-state index contributed by atoms with van der Waals surface area (Å²) in [5.74, 6) is -0.975. The molecule has 2 N–H and O–H groups in total. The largest absolute Gasteiger partial charge is 0.505 e. The zero-order valence-electron chi connectivity index (χ0n) is 18.3. The molecule has 3 aromatic carbocycles. The number of phenolic OH excluding ortho intramolecular Hbond substituents is 1. The van der Waals surface area contributed by atoms with Crippen LogP contribution in [0.15, 0.2) is 53.3 Å². The molecule has 1 heterocycles. The third kappa shape index (κ3) is 4.86. The predicted molar refractivity (Wildman–Crippen MR) is 132 cm³/mol. The highest BCUT2D eigenvalue weighted by molar-refractivity contribution is 6.38. The van der Waals surface area contributed by atoms with Crippen LogP contribution in [0.5, 0.6) is 5.75 Å². The molecule has 0 unspecified atom stereocenters.